The van der Waals surface area contributed by atoms with Gasteiger partial charge in [-0.3, -0.25) is 4.79 Å². The van der Waals surface area contributed by atoms with Crippen LogP contribution in [0.15, 0.2) is 95.5 Å². The molecule has 0 radical (unpaired) electrons. The van der Waals surface area contributed by atoms with E-state index in [9.17, 15) is 4.79 Å². The third kappa shape index (κ3) is 5.21. The number of rotatable bonds is 8. The monoisotopic (exact) mass is 398 g/mol. The minimum absolute atomic E-state index is 0.191. The number of ether oxygens (including phenoxy) is 1. The Morgan fingerprint density at radius 3 is 2.27 bits per heavy atom. The van der Waals surface area contributed by atoms with Gasteiger partial charge in [0.2, 0.25) is 5.76 Å². The molecule has 4 aromatic rings. The average Bonchev–Trinajstić information content (AvgIpc) is 3.30. The van der Waals surface area contributed by atoms with Gasteiger partial charge in [-0.05, 0) is 16.7 Å². The van der Waals surface area contributed by atoms with Gasteiger partial charge in [0.05, 0.1) is 13.2 Å². The number of hydrogen-bond acceptors (Lipinski definition) is 4. The number of nitrogens with zero attached hydrogens (tertiary/aromatic N) is 1. The fourth-order valence-electron chi connectivity index (χ4n) is 3.09. The standard InChI is InChI=1S/C25H22N2O3/c28-25(24-15-23(27-30-24)22-12-5-2-6-13-22)26-16-20-10-7-11-21(14-20)18-29-17-19-8-3-1-4-9-19/h1-15H,16-18H2,(H,26,28). The molecule has 0 atom stereocenters. The second-order valence-corrected chi connectivity index (χ2v) is 6.92. The third-order valence-electron chi connectivity index (χ3n) is 4.63. The van der Waals surface area contributed by atoms with Crippen molar-refractivity contribution < 1.29 is 14.1 Å². The van der Waals surface area contributed by atoms with E-state index in [0.29, 0.717) is 25.5 Å². The Labute approximate surface area is 175 Å². The lowest BCUT2D eigenvalue weighted by Crippen LogP contribution is -2.22. The molecular weight excluding hydrogens is 376 g/mol. The quantitative estimate of drug-likeness (QED) is 0.454. The van der Waals surface area contributed by atoms with Crippen molar-refractivity contribution >= 4 is 5.91 Å². The summed E-state index contributed by atoms with van der Waals surface area (Å²) in [4.78, 5) is 12.4. The van der Waals surface area contributed by atoms with Crippen LogP contribution in [0.4, 0.5) is 0 Å². The highest BCUT2D eigenvalue weighted by Crippen LogP contribution is 2.18. The Bertz CT molecular complexity index is 1090. The van der Waals surface area contributed by atoms with E-state index in [4.69, 9.17) is 9.26 Å². The number of nitrogens with one attached hydrogen (secondary N) is 1. The molecule has 0 fully saturated rings. The Balaban J connectivity index is 1.30. The summed E-state index contributed by atoms with van der Waals surface area (Å²) in [5.41, 5.74) is 4.74. The summed E-state index contributed by atoms with van der Waals surface area (Å²) in [7, 11) is 0. The normalized spacial score (nSPS) is 10.7. The highest BCUT2D eigenvalue weighted by atomic mass is 16.5. The number of benzene rings is 3. The molecule has 0 bridgehead atoms. The minimum atomic E-state index is -0.296. The van der Waals surface area contributed by atoms with Crippen molar-refractivity contribution in [2.45, 2.75) is 19.8 Å². The lowest BCUT2D eigenvalue weighted by molar-refractivity contribution is 0.0914. The molecule has 0 aliphatic carbocycles. The van der Waals surface area contributed by atoms with Crippen LogP contribution in [0.3, 0.4) is 0 Å². The summed E-state index contributed by atoms with van der Waals surface area (Å²) < 4.78 is 11.0. The van der Waals surface area contributed by atoms with Crippen molar-refractivity contribution in [1.29, 1.82) is 0 Å². The van der Waals surface area contributed by atoms with Gasteiger partial charge in [-0.25, -0.2) is 0 Å². The predicted octanol–water partition coefficient (Wildman–Crippen LogP) is 4.99. The highest BCUT2D eigenvalue weighted by molar-refractivity contribution is 5.92. The van der Waals surface area contributed by atoms with Crippen LogP contribution in [0.2, 0.25) is 0 Å². The molecule has 0 aliphatic rings. The second kappa shape index (κ2) is 9.67. The molecule has 0 unspecified atom stereocenters. The highest BCUT2D eigenvalue weighted by Gasteiger charge is 2.13. The Morgan fingerprint density at radius 1 is 0.800 bits per heavy atom. The SMILES string of the molecule is O=C(NCc1cccc(COCc2ccccc2)c1)c1cc(-c2ccccc2)no1. The molecule has 0 saturated heterocycles. The summed E-state index contributed by atoms with van der Waals surface area (Å²) in [5, 5.41) is 6.86. The number of aromatic nitrogens is 1. The van der Waals surface area contributed by atoms with Crippen molar-refractivity contribution in [1.82, 2.24) is 10.5 Å². The molecule has 5 nitrogen and oxygen atoms in total. The smallest absolute Gasteiger partial charge is 0.290 e. The minimum Gasteiger partial charge on any atom is -0.372 e. The van der Waals surface area contributed by atoms with Crippen LogP contribution in [-0.4, -0.2) is 11.1 Å². The molecule has 1 aromatic heterocycles. The van der Waals surface area contributed by atoms with Crippen molar-refractivity contribution in [3.8, 4) is 11.3 Å². The fraction of sp³-hybridized carbons (Fsp3) is 0.120. The molecule has 1 heterocycles. The van der Waals surface area contributed by atoms with E-state index in [1.54, 1.807) is 6.07 Å². The van der Waals surface area contributed by atoms with Gasteiger partial charge < -0.3 is 14.6 Å². The maximum atomic E-state index is 12.4. The molecule has 0 spiro atoms. The van der Waals surface area contributed by atoms with Gasteiger partial charge in [-0.1, -0.05) is 90.1 Å². The number of hydrogen-bond donors (Lipinski definition) is 1. The number of carbonyl (C=O) groups is 1. The van der Waals surface area contributed by atoms with E-state index in [1.807, 2.05) is 84.9 Å². The van der Waals surface area contributed by atoms with Crippen LogP contribution in [0.1, 0.15) is 27.2 Å². The van der Waals surface area contributed by atoms with Crippen LogP contribution in [-0.2, 0) is 24.5 Å². The second-order valence-electron chi connectivity index (χ2n) is 6.92. The van der Waals surface area contributed by atoms with E-state index in [2.05, 4.69) is 10.5 Å². The number of amides is 1. The Morgan fingerprint density at radius 2 is 1.47 bits per heavy atom. The molecule has 1 amide bonds. The van der Waals surface area contributed by atoms with Crippen molar-refractivity contribution in [3.05, 3.63) is 113 Å². The molecule has 4 rings (SSSR count). The predicted molar refractivity (Wildman–Crippen MR) is 114 cm³/mol. The maximum absolute atomic E-state index is 12.4. The Hall–Kier alpha value is -3.70. The van der Waals surface area contributed by atoms with Crippen molar-refractivity contribution in [3.63, 3.8) is 0 Å². The summed E-state index contributed by atoms with van der Waals surface area (Å²) in [6.07, 6.45) is 0. The largest absolute Gasteiger partial charge is 0.372 e. The third-order valence-corrected chi connectivity index (χ3v) is 4.63. The molecule has 0 aliphatic heterocycles. The first-order chi connectivity index (χ1) is 14.8. The molecule has 5 heteroatoms. The lowest BCUT2D eigenvalue weighted by atomic mass is 10.1. The first kappa shape index (κ1) is 19.6. The molecule has 0 saturated carbocycles. The summed E-state index contributed by atoms with van der Waals surface area (Å²) >= 11 is 0. The van der Waals surface area contributed by atoms with Crippen LogP contribution < -0.4 is 5.32 Å². The Kier molecular flexibility index (Phi) is 6.32. The van der Waals surface area contributed by atoms with Crippen LogP contribution in [0.5, 0.6) is 0 Å². The molecule has 3 aromatic carbocycles. The molecule has 1 N–H and O–H groups in total. The van der Waals surface area contributed by atoms with Gasteiger partial charge in [0.25, 0.3) is 5.91 Å². The zero-order valence-electron chi connectivity index (χ0n) is 16.5. The molecule has 150 valence electrons. The van der Waals surface area contributed by atoms with Gasteiger partial charge in [0.1, 0.15) is 5.69 Å². The van der Waals surface area contributed by atoms with E-state index >= 15 is 0 Å². The van der Waals surface area contributed by atoms with Gasteiger partial charge in [-0.2, -0.15) is 0 Å². The van der Waals surface area contributed by atoms with E-state index in [1.165, 1.54) is 0 Å². The van der Waals surface area contributed by atoms with E-state index in [-0.39, 0.29) is 11.7 Å². The van der Waals surface area contributed by atoms with Gasteiger partial charge in [0.15, 0.2) is 0 Å². The maximum Gasteiger partial charge on any atom is 0.290 e. The van der Waals surface area contributed by atoms with Gasteiger partial charge in [-0.15, -0.1) is 0 Å². The molecule has 30 heavy (non-hydrogen) atoms. The summed E-state index contributed by atoms with van der Waals surface area (Å²) in [5.74, 6) is -0.105. The summed E-state index contributed by atoms with van der Waals surface area (Å²) in [6.45, 7) is 1.48. The van der Waals surface area contributed by atoms with Crippen LogP contribution in [0.25, 0.3) is 11.3 Å². The average molecular weight is 398 g/mol. The zero-order valence-corrected chi connectivity index (χ0v) is 16.5. The first-order valence-electron chi connectivity index (χ1n) is 9.78. The fourth-order valence-corrected chi connectivity index (χ4v) is 3.09. The van der Waals surface area contributed by atoms with E-state index in [0.717, 1.165) is 22.3 Å². The van der Waals surface area contributed by atoms with Crippen LogP contribution in [0, 0.1) is 0 Å². The van der Waals surface area contributed by atoms with Crippen molar-refractivity contribution in [2.75, 3.05) is 0 Å². The van der Waals surface area contributed by atoms with E-state index < -0.39 is 0 Å². The lowest BCUT2D eigenvalue weighted by Gasteiger charge is -2.08. The zero-order chi connectivity index (χ0) is 20.6. The first-order valence-corrected chi connectivity index (χ1v) is 9.78. The number of carbonyl (C=O) groups excluding carboxylic acids is 1. The van der Waals surface area contributed by atoms with Gasteiger partial charge >= 0.3 is 0 Å². The van der Waals surface area contributed by atoms with Crippen LogP contribution >= 0.6 is 0 Å². The topological polar surface area (TPSA) is 64.4 Å². The summed E-state index contributed by atoms with van der Waals surface area (Å²) in [6, 6.07) is 29.3. The molecular formula is C25H22N2O3. The van der Waals surface area contributed by atoms with Crippen molar-refractivity contribution in [2.24, 2.45) is 0 Å². The van der Waals surface area contributed by atoms with Gasteiger partial charge in [0, 0.05) is 18.2 Å².